The largest absolute Gasteiger partial charge is 0.314 e. The Kier molecular flexibility index (Phi) is 3.93. The molecular formula is C15H23N3. The fourth-order valence-corrected chi connectivity index (χ4v) is 2.90. The highest BCUT2D eigenvalue weighted by Gasteiger charge is 2.25. The second kappa shape index (κ2) is 5.83. The third kappa shape index (κ3) is 2.74. The van der Waals surface area contributed by atoms with E-state index in [0.29, 0.717) is 12.1 Å². The Balaban J connectivity index is 1.66. The summed E-state index contributed by atoms with van der Waals surface area (Å²) >= 11 is 0. The molecule has 1 aromatic carbocycles. The molecule has 2 aliphatic rings. The van der Waals surface area contributed by atoms with Gasteiger partial charge in [-0.3, -0.25) is 4.90 Å². The lowest BCUT2D eigenvalue weighted by Gasteiger charge is -2.33. The molecule has 2 fully saturated rings. The number of hydrogen-bond acceptors (Lipinski definition) is 3. The zero-order chi connectivity index (χ0) is 12.2. The molecule has 2 N–H and O–H groups in total. The van der Waals surface area contributed by atoms with Crippen molar-refractivity contribution in [3.63, 3.8) is 0 Å². The maximum absolute atomic E-state index is 3.69. The van der Waals surface area contributed by atoms with Crippen LogP contribution in [-0.2, 0) is 0 Å². The van der Waals surface area contributed by atoms with Crippen molar-refractivity contribution in [2.75, 3.05) is 32.7 Å². The molecular weight excluding hydrogens is 222 g/mol. The average molecular weight is 245 g/mol. The van der Waals surface area contributed by atoms with Crippen LogP contribution in [0.15, 0.2) is 30.3 Å². The zero-order valence-corrected chi connectivity index (χ0v) is 10.9. The van der Waals surface area contributed by atoms with Gasteiger partial charge in [0, 0.05) is 31.7 Å². The van der Waals surface area contributed by atoms with Gasteiger partial charge in [-0.05, 0) is 31.5 Å². The topological polar surface area (TPSA) is 27.3 Å². The molecule has 0 aromatic heterocycles. The van der Waals surface area contributed by atoms with Crippen LogP contribution in [0.4, 0.5) is 0 Å². The molecule has 0 radical (unpaired) electrons. The van der Waals surface area contributed by atoms with Gasteiger partial charge in [0.25, 0.3) is 0 Å². The first-order chi connectivity index (χ1) is 8.93. The Morgan fingerprint density at radius 1 is 1.17 bits per heavy atom. The third-order valence-electron chi connectivity index (χ3n) is 4.15. The molecule has 0 bridgehead atoms. The van der Waals surface area contributed by atoms with Crippen molar-refractivity contribution >= 4 is 0 Å². The van der Waals surface area contributed by atoms with Crippen LogP contribution in [0.2, 0.25) is 0 Å². The van der Waals surface area contributed by atoms with Crippen LogP contribution in [0, 0.1) is 0 Å². The summed E-state index contributed by atoms with van der Waals surface area (Å²) in [4.78, 5) is 2.63. The third-order valence-corrected chi connectivity index (χ3v) is 4.15. The summed E-state index contributed by atoms with van der Waals surface area (Å²) in [6.45, 7) is 5.84. The molecule has 0 spiro atoms. The molecule has 2 heterocycles. The van der Waals surface area contributed by atoms with Gasteiger partial charge in [0.1, 0.15) is 0 Å². The molecule has 3 rings (SSSR count). The Morgan fingerprint density at radius 3 is 2.50 bits per heavy atom. The first kappa shape index (κ1) is 12.2. The van der Waals surface area contributed by atoms with Gasteiger partial charge in [0.2, 0.25) is 0 Å². The Bertz CT molecular complexity index is 355. The minimum atomic E-state index is 0.550. The van der Waals surface area contributed by atoms with Crippen LogP contribution >= 0.6 is 0 Å². The lowest BCUT2D eigenvalue weighted by molar-refractivity contribution is 0.223. The van der Waals surface area contributed by atoms with Crippen LogP contribution in [0.3, 0.4) is 0 Å². The van der Waals surface area contributed by atoms with Gasteiger partial charge >= 0.3 is 0 Å². The van der Waals surface area contributed by atoms with Gasteiger partial charge in [-0.25, -0.2) is 0 Å². The summed E-state index contributed by atoms with van der Waals surface area (Å²) in [6.07, 6.45) is 2.71. The molecule has 98 valence electrons. The van der Waals surface area contributed by atoms with E-state index in [9.17, 15) is 0 Å². The van der Waals surface area contributed by atoms with Crippen molar-refractivity contribution in [1.82, 2.24) is 15.5 Å². The SMILES string of the molecule is c1ccc(C(CNC2CNC2)N2CCCC2)cc1. The fraction of sp³-hybridized carbons (Fsp3) is 0.600. The van der Waals surface area contributed by atoms with E-state index in [2.05, 4.69) is 45.9 Å². The highest BCUT2D eigenvalue weighted by molar-refractivity contribution is 5.20. The van der Waals surface area contributed by atoms with Crippen molar-refractivity contribution < 1.29 is 0 Å². The van der Waals surface area contributed by atoms with E-state index in [-0.39, 0.29) is 0 Å². The monoisotopic (exact) mass is 245 g/mol. The smallest absolute Gasteiger partial charge is 0.0472 e. The predicted octanol–water partition coefficient (Wildman–Crippen LogP) is 1.38. The van der Waals surface area contributed by atoms with E-state index in [4.69, 9.17) is 0 Å². The van der Waals surface area contributed by atoms with Crippen LogP contribution < -0.4 is 10.6 Å². The van der Waals surface area contributed by atoms with E-state index in [1.54, 1.807) is 0 Å². The van der Waals surface area contributed by atoms with E-state index >= 15 is 0 Å². The maximum Gasteiger partial charge on any atom is 0.0472 e. The second-order valence-electron chi connectivity index (χ2n) is 5.43. The van der Waals surface area contributed by atoms with Gasteiger partial charge in [0.05, 0.1) is 0 Å². The Hall–Kier alpha value is -0.900. The van der Waals surface area contributed by atoms with Crippen LogP contribution in [0.25, 0.3) is 0 Å². The average Bonchev–Trinajstić information content (AvgIpc) is 2.87. The van der Waals surface area contributed by atoms with E-state index in [1.807, 2.05) is 0 Å². The molecule has 0 amide bonds. The standard InChI is InChI=1S/C15H23N3/c1-2-6-13(7-3-1)15(18-8-4-5-9-18)12-17-14-10-16-11-14/h1-3,6-7,14-17H,4-5,8-12H2. The van der Waals surface area contributed by atoms with Gasteiger partial charge in [-0.15, -0.1) is 0 Å². The van der Waals surface area contributed by atoms with E-state index < -0.39 is 0 Å². The van der Waals surface area contributed by atoms with Crippen molar-refractivity contribution in [2.45, 2.75) is 24.9 Å². The molecule has 18 heavy (non-hydrogen) atoms. The second-order valence-corrected chi connectivity index (χ2v) is 5.43. The Labute approximate surface area is 110 Å². The van der Waals surface area contributed by atoms with Crippen molar-refractivity contribution in [3.05, 3.63) is 35.9 Å². The molecule has 2 saturated heterocycles. The predicted molar refractivity (Wildman–Crippen MR) is 74.7 cm³/mol. The minimum absolute atomic E-state index is 0.550. The summed E-state index contributed by atoms with van der Waals surface area (Å²) in [7, 11) is 0. The van der Waals surface area contributed by atoms with E-state index in [0.717, 1.165) is 19.6 Å². The number of nitrogens with zero attached hydrogens (tertiary/aromatic N) is 1. The lowest BCUT2D eigenvalue weighted by Crippen LogP contribution is -2.56. The first-order valence-electron chi connectivity index (χ1n) is 7.16. The number of nitrogens with one attached hydrogen (secondary N) is 2. The van der Waals surface area contributed by atoms with Crippen LogP contribution in [0.5, 0.6) is 0 Å². The van der Waals surface area contributed by atoms with Crippen molar-refractivity contribution in [2.24, 2.45) is 0 Å². The fourth-order valence-electron chi connectivity index (χ4n) is 2.90. The zero-order valence-electron chi connectivity index (χ0n) is 10.9. The molecule has 0 saturated carbocycles. The van der Waals surface area contributed by atoms with Gasteiger partial charge < -0.3 is 10.6 Å². The minimum Gasteiger partial charge on any atom is -0.314 e. The molecule has 2 aliphatic heterocycles. The number of likely N-dealkylation sites (tertiary alicyclic amines) is 1. The summed E-state index contributed by atoms with van der Waals surface area (Å²) in [5.74, 6) is 0. The summed E-state index contributed by atoms with van der Waals surface area (Å²) in [5.41, 5.74) is 1.46. The van der Waals surface area contributed by atoms with Crippen molar-refractivity contribution in [1.29, 1.82) is 0 Å². The molecule has 3 heteroatoms. The summed E-state index contributed by atoms with van der Waals surface area (Å²) in [5, 5.41) is 7.01. The molecule has 1 atom stereocenters. The normalized spacial score (nSPS) is 22.9. The quantitative estimate of drug-likeness (QED) is 0.821. The van der Waals surface area contributed by atoms with Crippen LogP contribution in [-0.4, -0.2) is 43.7 Å². The van der Waals surface area contributed by atoms with Gasteiger partial charge in [-0.2, -0.15) is 0 Å². The molecule has 1 aromatic rings. The Morgan fingerprint density at radius 2 is 1.89 bits per heavy atom. The summed E-state index contributed by atoms with van der Waals surface area (Å²) in [6, 6.07) is 12.2. The van der Waals surface area contributed by atoms with E-state index in [1.165, 1.54) is 31.5 Å². The van der Waals surface area contributed by atoms with Crippen LogP contribution in [0.1, 0.15) is 24.4 Å². The maximum atomic E-state index is 3.69. The highest BCUT2D eigenvalue weighted by Crippen LogP contribution is 2.24. The van der Waals surface area contributed by atoms with Gasteiger partial charge in [0.15, 0.2) is 0 Å². The lowest BCUT2D eigenvalue weighted by atomic mass is 10.0. The number of benzene rings is 1. The molecule has 1 unspecified atom stereocenters. The first-order valence-corrected chi connectivity index (χ1v) is 7.16. The number of hydrogen-bond donors (Lipinski definition) is 2. The van der Waals surface area contributed by atoms with Crippen molar-refractivity contribution in [3.8, 4) is 0 Å². The molecule has 3 nitrogen and oxygen atoms in total. The van der Waals surface area contributed by atoms with Gasteiger partial charge in [-0.1, -0.05) is 30.3 Å². The summed E-state index contributed by atoms with van der Waals surface area (Å²) < 4.78 is 0. The highest BCUT2D eigenvalue weighted by atomic mass is 15.2. The number of rotatable bonds is 5. The molecule has 0 aliphatic carbocycles.